The van der Waals surface area contributed by atoms with Crippen LogP contribution in [0.1, 0.15) is 33.8 Å². The molecule has 1 aromatic heterocycles. The van der Waals surface area contributed by atoms with E-state index in [0.29, 0.717) is 5.75 Å². The van der Waals surface area contributed by atoms with Crippen molar-refractivity contribution in [2.45, 2.75) is 18.8 Å². The number of ether oxygens (including phenoxy) is 1. The second kappa shape index (κ2) is 6.99. The van der Waals surface area contributed by atoms with E-state index in [1.807, 2.05) is 36.4 Å². The number of hydrogen-bond donors (Lipinski definition) is 0. The summed E-state index contributed by atoms with van der Waals surface area (Å²) in [6.45, 7) is 0. The number of aromatic nitrogens is 1. The Morgan fingerprint density at radius 1 is 1.07 bits per heavy atom. The summed E-state index contributed by atoms with van der Waals surface area (Å²) in [5.41, 5.74) is 2.62. The first-order chi connectivity index (χ1) is 13.1. The molecular weight excluding hydrogens is 344 g/mol. The van der Waals surface area contributed by atoms with E-state index in [-0.39, 0.29) is 23.3 Å². The average molecular weight is 360 g/mol. The Hall–Kier alpha value is -3.54. The molecule has 6 heteroatoms. The lowest BCUT2D eigenvalue weighted by atomic mass is 9.79. The number of fused-ring (bicyclic) bond motifs is 1. The summed E-state index contributed by atoms with van der Waals surface area (Å²) in [6, 6.07) is 18.0. The topological polar surface area (TPSA) is 82.3 Å². The van der Waals surface area contributed by atoms with E-state index in [2.05, 4.69) is 4.98 Å². The van der Waals surface area contributed by atoms with Gasteiger partial charge in [0.1, 0.15) is 11.9 Å². The van der Waals surface area contributed by atoms with E-state index >= 15 is 0 Å². The number of carbonyl (C=O) groups is 1. The molecule has 134 valence electrons. The van der Waals surface area contributed by atoms with Crippen LogP contribution in [0, 0.1) is 10.1 Å². The molecule has 1 atom stereocenters. The number of nitro groups is 1. The Labute approximate surface area is 155 Å². The number of pyridine rings is 1. The van der Waals surface area contributed by atoms with Crippen LogP contribution in [0.15, 0.2) is 66.9 Å². The fourth-order valence-corrected chi connectivity index (χ4v) is 3.36. The van der Waals surface area contributed by atoms with Crippen LogP contribution in [0.3, 0.4) is 0 Å². The third kappa shape index (κ3) is 3.42. The fraction of sp³-hybridized carbons (Fsp3) is 0.143. The zero-order chi connectivity index (χ0) is 18.8. The molecule has 4 rings (SSSR count). The molecule has 0 saturated heterocycles. The van der Waals surface area contributed by atoms with Gasteiger partial charge in [0.15, 0.2) is 5.78 Å². The van der Waals surface area contributed by atoms with Crippen molar-refractivity contribution in [2.24, 2.45) is 0 Å². The van der Waals surface area contributed by atoms with Crippen LogP contribution in [-0.2, 0) is 6.42 Å². The number of nitrogens with zero attached hydrogens (tertiary/aromatic N) is 2. The van der Waals surface area contributed by atoms with Crippen molar-refractivity contribution in [3.05, 3.63) is 93.7 Å². The fourth-order valence-electron chi connectivity index (χ4n) is 3.36. The molecule has 1 aliphatic rings. The molecule has 0 fully saturated rings. The smallest absolute Gasteiger partial charge is 0.287 e. The first-order valence-corrected chi connectivity index (χ1v) is 8.62. The molecule has 0 spiro atoms. The van der Waals surface area contributed by atoms with Crippen molar-refractivity contribution in [2.75, 3.05) is 0 Å². The molecule has 0 saturated carbocycles. The molecule has 1 aliphatic carbocycles. The van der Waals surface area contributed by atoms with Gasteiger partial charge in [-0.05, 0) is 42.2 Å². The first-order valence-electron chi connectivity index (χ1n) is 8.62. The van der Waals surface area contributed by atoms with Crippen molar-refractivity contribution in [3.8, 4) is 11.6 Å². The Balaban J connectivity index is 1.54. The van der Waals surface area contributed by atoms with Gasteiger partial charge in [-0.15, -0.1) is 0 Å². The van der Waals surface area contributed by atoms with Crippen molar-refractivity contribution >= 4 is 11.5 Å². The molecule has 2 aromatic carbocycles. The molecule has 0 aliphatic heterocycles. The summed E-state index contributed by atoms with van der Waals surface area (Å²) in [6.07, 6.45) is 2.70. The van der Waals surface area contributed by atoms with E-state index in [1.54, 1.807) is 12.1 Å². The van der Waals surface area contributed by atoms with Gasteiger partial charge in [-0.2, -0.15) is 0 Å². The monoisotopic (exact) mass is 360 g/mol. The summed E-state index contributed by atoms with van der Waals surface area (Å²) < 4.78 is 5.68. The highest BCUT2D eigenvalue weighted by Gasteiger charge is 2.28. The van der Waals surface area contributed by atoms with Crippen LogP contribution in [0.2, 0.25) is 0 Å². The Morgan fingerprint density at radius 3 is 2.59 bits per heavy atom. The number of benzene rings is 2. The molecule has 6 nitrogen and oxygen atoms in total. The van der Waals surface area contributed by atoms with Gasteiger partial charge in [0, 0.05) is 23.6 Å². The van der Waals surface area contributed by atoms with Gasteiger partial charge in [0.25, 0.3) is 5.69 Å². The van der Waals surface area contributed by atoms with E-state index in [1.165, 1.54) is 12.1 Å². The highest BCUT2D eigenvalue weighted by Crippen LogP contribution is 2.35. The number of aryl methyl sites for hydroxylation is 1. The van der Waals surface area contributed by atoms with Gasteiger partial charge in [0.05, 0.1) is 4.92 Å². The molecule has 0 bridgehead atoms. The maximum Gasteiger partial charge on any atom is 0.287 e. The van der Waals surface area contributed by atoms with Gasteiger partial charge < -0.3 is 4.74 Å². The highest BCUT2D eigenvalue weighted by atomic mass is 16.6. The number of hydrogen-bond acceptors (Lipinski definition) is 5. The van der Waals surface area contributed by atoms with Gasteiger partial charge >= 0.3 is 0 Å². The standard InChI is InChI=1S/C21H16N2O4/c24-21-18(14-4-2-1-3-5-14)9-6-15-12-17(8-10-19(15)21)27-20-11-7-16(13-22-20)23(25)26/h1-5,7-8,10-13,18H,6,9H2. The van der Waals surface area contributed by atoms with Crippen LogP contribution in [-0.4, -0.2) is 15.7 Å². The van der Waals surface area contributed by atoms with Crippen LogP contribution < -0.4 is 4.74 Å². The predicted molar refractivity (Wildman–Crippen MR) is 99.2 cm³/mol. The summed E-state index contributed by atoms with van der Waals surface area (Å²) in [5, 5.41) is 10.7. The summed E-state index contributed by atoms with van der Waals surface area (Å²) in [7, 11) is 0. The third-order valence-electron chi connectivity index (χ3n) is 4.72. The predicted octanol–water partition coefficient (Wildman–Crippen LogP) is 4.69. The minimum atomic E-state index is -0.509. The highest BCUT2D eigenvalue weighted by molar-refractivity contribution is 6.03. The van der Waals surface area contributed by atoms with E-state index < -0.39 is 4.92 Å². The van der Waals surface area contributed by atoms with Crippen molar-refractivity contribution in [1.29, 1.82) is 0 Å². The molecular formula is C21H16N2O4. The molecule has 3 aromatic rings. The lowest BCUT2D eigenvalue weighted by Crippen LogP contribution is -2.20. The summed E-state index contributed by atoms with van der Waals surface area (Å²) in [4.78, 5) is 27.0. The minimum absolute atomic E-state index is 0.0923. The number of ketones is 1. The summed E-state index contributed by atoms with van der Waals surface area (Å²) in [5.74, 6) is 0.843. The van der Waals surface area contributed by atoms with Crippen molar-refractivity contribution in [3.63, 3.8) is 0 Å². The Morgan fingerprint density at radius 2 is 1.89 bits per heavy atom. The zero-order valence-corrected chi connectivity index (χ0v) is 14.4. The van der Waals surface area contributed by atoms with Gasteiger partial charge in [-0.1, -0.05) is 30.3 Å². The lowest BCUT2D eigenvalue weighted by Gasteiger charge is -2.24. The zero-order valence-electron chi connectivity index (χ0n) is 14.4. The van der Waals surface area contributed by atoms with Gasteiger partial charge in [0.2, 0.25) is 5.88 Å². The van der Waals surface area contributed by atoms with Gasteiger partial charge in [-0.25, -0.2) is 4.98 Å². The maximum atomic E-state index is 12.9. The number of rotatable bonds is 4. The van der Waals surface area contributed by atoms with Crippen molar-refractivity contribution < 1.29 is 14.5 Å². The van der Waals surface area contributed by atoms with E-state index in [4.69, 9.17) is 4.74 Å². The summed E-state index contributed by atoms with van der Waals surface area (Å²) >= 11 is 0. The molecule has 1 heterocycles. The van der Waals surface area contributed by atoms with E-state index in [0.717, 1.165) is 35.7 Å². The van der Waals surface area contributed by atoms with Crippen molar-refractivity contribution in [1.82, 2.24) is 4.98 Å². The number of Topliss-reactive ketones (excluding diaryl/α,β-unsaturated/α-hetero) is 1. The van der Waals surface area contributed by atoms with E-state index in [9.17, 15) is 14.9 Å². The SMILES string of the molecule is O=C1c2ccc(Oc3ccc([N+](=O)[O-])cn3)cc2CCC1c1ccccc1. The van der Waals surface area contributed by atoms with Gasteiger partial charge in [-0.3, -0.25) is 14.9 Å². The quantitative estimate of drug-likeness (QED) is 0.498. The number of carbonyl (C=O) groups excluding carboxylic acids is 1. The van der Waals surface area contributed by atoms with Crippen LogP contribution in [0.4, 0.5) is 5.69 Å². The second-order valence-corrected chi connectivity index (χ2v) is 6.40. The normalized spacial score (nSPS) is 15.9. The molecule has 27 heavy (non-hydrogen) atoms. The van der Waals surface area contributed by atoms with Crippen LogP contribution in [0.5, 0.6) is 11.6 Å². The second-order valence-electron chi connectivity index (χ2n) is 6.40. The first kappa shape index (κ1) is 16.9. The van der Waals surface area contributed by atoms with Crippen LogP contribution in [0.25, 0.3) is 0 Å². The Kier molecular flexibility index (Phi) is 4.38. The lowest BCUT2D eigenvalue weighted by molar-refractivity contribution is -0.385. The maximum absolute atomic E-state index is 12.9. The minimum Gasteiger partial charge on any atom is -0.439 e. The molecule has 1 unspecified atom stereocenters. The molecule has 0 N–H and O–H groups in total. The van der Waals surface area contributed by atoms with Crippen LogP contribution >= 0.6 is 0 Å². The molecule has 0 amide bonds. The third-order valence-corrected chi connectivity index (χ3v) is 4.72. The Bertz CT molecular complexity index is 1000. The largest absolute Gasteiger partial charge is 0.439 e. The average Bonchev–Trinajstić information content (AvgIpc) is 2.69. The molecule has 0 radical (unpaired) electrons.